The third-order valence-corrected chi connectivity index (χ3v) is 2.52. The first-order valence-corrected chi connectivity index (χ1v) is 3.78. The molecule has 4 atom stereocenters. The molecule has 0 spiro atoms. The van der Waals surface area contributed by atoms with Crippen LogP contribution < -0.4 is 0 Å². The monoisotopic (exact) mass is 158 g/mol. The van der Waals surface area contributed by atoms with E-state index in [9.17, 15) is 5.11 Å². The maximum atomic E-state index is 9.54. The highest BCUT2D eigenvalue weighted by Gasteiger charge is 2.58. The van der Waals surface area contributed by atoms with E-state index < -0.39 is 11.7 Å². The molecule has 2 unspecified atom stereocenters. The van der Waals surface area contributed by atoms with Crippen molar-refractivity contribution in [2.75, 3.05) is 13.2 Å². The normalized spacial score (nSPS) is 55.3. The lowest BCUT2D eigenvalue weighted by Gasteiger charge is -2.27. The van der Waals surface area contributed by atoms with E-state index in [1.165, 1.54) is 0 Å². The van der Waals surface area contributed by atoms with E-state index in [1.54, 1.807) is 0 Å². The molecule has 2 N–H and O–H groups in total. The van der Waals surface area contributed by atoms with Crippen LogP contribution in [-0.4, -0.2) is 55.1 Å². The van der Waals surface area contributed by atoms with Crippen molar-refractivity contribution in [1.29, 1.82) is 0 Å². The molecule has 0 aromatic rings. The minimum absolute atomic E-state index is 0.106. The lowest BCUT2D eigenvalue weighted by molar-refractivity contribution is -0.136. The number of fused-ring (bicyclic) bond motifs is 2. The summed E-state index contributed by atoms with van der Waals surface area (Å²) >= 11 is 0. The van der Waals surface area contributed by atoms with Crippen molar-refractivity contribution in [2.45, 2.75) is 23.8 Å². The molecular formula is C6H11BO4. The first kappa shape index (κ1) is 7.55. The van der Waals surface area contributed by atoms with Gasteiger partial charge in [0.25, 0.3) is 0 Å². The van der Waals surface area contributed by atoms with Gasteiger partial charge in [-0.05, 0) is 0 Å². The van der Waals surface area contributed by atoms with E-state index in [2.05, 4.69) is 0 Å². The van der Waals surface area contributed by atoms with Crippen molar-refractivity contribution in [3.63, 3.8) is 0 Å². The quantitative estimate of drug-likeness (QED) is 0.413. The molecule has 2 rings (SSSR count). The van der Waals surface area contributed by atoms with Crippen LogP contribution in [0.1, 0.15) is 0 Å². The highest BCUT2D eigenvalue weighted by Crippen LogP contribution is 2.38. The Balaban J connectivity index is 2.24. The summed E-state index contributed by atoms with van der Waals surface area (Å²) in [5, 5.41) is 18.5. The summed E-state index contributed by atoms with van der Waals surface area (Å²) in [6.45, 7) is 0.134. The summed E-state index contributed by atoms with van der Waals surface area (Å²) in [7, 11) is 1.84. The molecule has 0 aromatic heterocycles. The first-order chi connectivity index (χ1) is 5.19. The van der Waals surface area contributed by atoms with E-state index in [0.29, 0.717) is 6.61 Å². The fourth-order valence-electron chi connectivity index (χ4n) is 1.82. The lowest BCUT2D eigenvalue weighted by Crippen LogP contribution is -2.44. The third kappa shape index (κ3) is 0.795. The third-order valence-electron chi connectivity index (χ3n) is 2.52. The molecule has 2 fully saturated rings. The second kappa shape index (κ2) is 2.20. The zero-order chi connectivity index (χ0) is 8.06. The molecule has 0 amide bonds. The summed E-state index contributed by atoms with van der Waals surface area (Å²) in [5.74, 6) is 0. The van der Waals surface area contributed by atoms with Gasteiger partial charge in [0.15, 0.2) is 0 Å². The molecule has 2 heterocycles. The van der Waals surface area contributed by atoms with Gasteiger partial charge in [-0.15, -0.1) is 0 Å². The highest BCUT2D eigenvalue weighted by molar-refractivity contribution is 6.11. The Labute approximate surface area is 65.5 Å². The molecule has 2 bridgehead atoms. The standard InChI is InChI=1S/C6H11BO4/c7-5-3-4(9)6(1-8,11-5)2-10-3/h3-5,8-9H,1-2,7H2/t3?,4-,5?,6+/m1/s1. The zero-order valence-electron chi connectivity index (χ0n) is 6.36. The number of ether oxygens (including phenoxy) is 2. The largest absolute Gasteiger partial charge is 0.393 e. The smallest absolute Gasteiger partial charge is 0.142 e. The van der Waals surface area contributed by atoms with Crippen molar-refractivity contribution in [2.24, 2.45) is 0 Å². The predicted molar refractivity (Wildman–Crippen MR) is 39.0 cm³/mol. The van der Waals surface area contributed by atoms with Crippen LogP contribution in [0.15, 0.2) is 0 Å². The van der Waals surface area contributed by atoms with Gasteiger partial charge in [-0.2, -0.15) is 0 Å². The van der Waals surface area contributed by atoms with E-state index in [-0.39, 0.29) is 18.7 Å². The molecular weight excluding hydrogens is 147 g/mol. The number of aliphatic hydroxyl groups excluding tert-OH is 2. The Morgan fingerprint density at radius 2 is 2.36 bits per heavy atom. The van der Waals surface area contributed by atoms with Crippen molar-refractivity contribution in [1.82, 2.24) is 0 Å². The fourth-order valence-corrected chi connectivity index (χ4v) is 1.82. The Hall–Kier alpha value is -0.0951. The molecule has 0 saturated carbocycles. The maximum absolute atomic E-state index is 9.54. The van der Waals surface area contributed by atoms with Gasteiger partial charge < -0.3 is 19.7 Å². The Morgan fingerprint density at radius 1 is 1.64 bits per heavy atom. The first-order valence-electron chi connectivity index (χ1n) is 3.78. The van der Waals surface area contributed by atoms with Gasteiger partial charge in [-0.25, -0.2) is 0 Å². The molecule has 11 heavy (non-hydrogen) atoms. The summed E-state index contributed by atoms with van der Waals surface area (Å²) in [6, 6.07) is -0.106. The van der Waals surface area contributed by atoms with Crippen LogP contribution in [0.2, 0.25) is 0 Å². The van der Waals surface area contributed by atoms with Gasteiger partial charge in [0.2, 0.25) is 0 Å². The summed E-state index contributed by atoms with van der Waals surface area (Å²) in [4.78, 5) is 0. The van der Waals surface area contributed by atoms with E-state index in [0.717, 1.165) is 0 Å². The Bertz CT molecular complexity index is 176. The van der Waals surface area contributed by atoms with Crippen molar-refractivity contribution in [3.05, 3.63) is 0 Å². The molecule has 2 aliphatic heterocycles. The maximum Gasteiger partial charge on any atom is 0.142 e. The molecule has 4 nitrogen and oxygen atoms in total. The van der Waals surface area contributed by atoms with Crippen molar-refractivity contribution >= 4 is 7.85 Å². The fraction of sp³-hybridized carbons (Fsp3) is 1.00. The molecule has 2 saturated heterocycles. The average Bonchev–Trinajstić information content (AvgIpc) is 2.42. The Kier molecular flexibility index (Phi) is 1.51. The summed E-state index contributed by atoms with van der Waals surface area (Å²) in [6.07, 6.45) is -0.912. The molecule has 2 aliphatic rings. The van der Waals surface area contributed by atoms with Crippen LogP contribution in [0.4, 0.5) is 0 Å². The molecule has 5 heteroatoms. The predicted octanol–water partition coefficient (Wildman–Crippen LogP) is -2.53. The van der Waals surface area contributed by atoms with Crippen LogP contribution >= 0.6 is 0 Å². The van der Waals surface area contributed by atoms with Crippen LogP contribution in [0.25, 0.3) is 0 Å². The van der Waals surface area contributed by atoms with E-state index in [4.69, 9.17) is 14.6 Å². The van der Waals surface area contributed by atoms with E-state index in [1.807, 2.05) is 7.85 Å². The highest BCUT2D eigenvalue weighted by atomic mass is 16.6. The molecule has 0 radical (unpaired) electrons. The van der Waals surface area contributed by atoms with Crippen LogP contribution in [0.5, 0.6) is 0 Å². The lowest BCUT2D eigenvalue weighted by atomic mass is 9.92. The second-order valence-corrected chi connectivity index (χ2v) is 3.27. The molecule has 62 valence electrons. The molecule has 0 aromatic carbocycles. The van der Waals surface area contributed by atoms with Gasteiger partial charge in [-0.1, -0.05) is 0 Å². The average molecular weight is 158 g/mol. The van der Waals surface area contributed by atoms with Crippen LogP contribution in [0.3, 0.4) is 0 Å². The van der Waals surface area contributed by atoms with Crippen LogP contribution in [0, 0.1) is 0 Å². The van der Waals surface area contributed by atoms with Gasteiger partial charge in [0.05, 0.1) is 19.2 Å². The van der Waals surface area contributed by atoms with Crippen LogP contribution in [-0.2, 0) is 9.47 Å². The topological polar surface area (TPSA) is 58.9 Å². The number of hydrogen-bond acceptors (Lipinski definition) is 4. The second-order valence-electron chi connectivity index (χ2n) is 3.27. The van der Waals surface area contributed by atoms with Gasteiger partial charge >= 0.3 is 0 Å². The summed E-state index contributed by atoms with van der Waals surface area (Å²) < 4.78 is 10.6. The Morgan fingerprint density at radius 3 is 2.64 bits per heavy atom. The van der Waals surface area contributed by atoms with Gasteiger partial charge in [0.1, 0.15) is 25.7 Å². The van der Waals surface area contributed by atoms with Gasteiger partial charge in [0, 0.05) is 0 Å². The number of rotatable bonds is 1. The molecule has 0 aliphatic carbocycles. The summed E-state index contributed by atoms with van der Waals surface area (Å²) in [5.41, 5.74) is -0.829. The van der Waals surface area contributed by atoms with Gasteiger partial charge in [-0.3, -0.25) is 0 Å². The van der Waals surface area contributed by atoms with Crippen molar-refractivity contribution < 1.29 is 19.7 Å². The zero-order valence-corrected chi connectivity index (χ0v) is 6.36. The minimum Gasteiger partial charge on any atom is -0.393 e. The minimum atomic E-state index is -0.829. The van der Waals surface area contributed by atoms with Crippen molar-refractivity contribution in [3.8, 4) is 0 Å². The number of hydrogen-bond donors (Lipinski definition) is 2. The number of aliphatic hydroxyl groups is 2. The van der Waals surface area contributed by atoms with E-state index >= 15 is 0 Å². The SMILES string of the molecule is BC1O[C@@]2(CO)COC1[C@H]2O.